The fraction of sp³-hybridized carbons (Fsp3) is 0.600. The summed E-state index contributed by atoms with van der Waals surface area (Å²) < 4.78 is 17.0. The molecule has 0 aliphatic carbocycles. The van der Waals surface area contributed by atoms with Crippen molar-refractivity contribution in [1.29, 1.82) is 0 Å². The van der Waals surface area contributed by atoms with Gasteiger partial charge in [-0.2, -0.15) is 0 Å². The van der Waals surface area contributed by atoms with E-state index in [-0.39, 0.29) is 18.4 Å². The molecule has 2 rings (SSSR count). The highest BCUT2D eigenvalue weighted by molar-refractivity contribution is 7.09. The molecule has 2 heterocycles. The maximum Gasteiger partial charge on any atom is 0.407 e. The minimum atomic E-state index is -0.671. The summed E-state index contributed by atoms with van der Waals surface area (Å²) in [6, 6.07) is -0.509. The number of nitrogens with zero attached hydrogens (tertiary/aromatic N) is 2. The summed E-state index contributed by atoms with van der Waals surface area (Å²) in [4.78, 5) is 45.4. The number of fused-ring (bicyclic) bond motifs is 2. The molecule has 10 heteroatoms. The van der Waals surface area contributed by atoms with Gasteiger partial charge in [0, 0.05) is 36.3 Å². The van der Waals surface area contributed by atoms with E-state index in [2.05, 4.69) is 36.5 Å². The lowest BCUT2D eigenvalue weighted by Crippen LogP contribution is -2.41. The van der Waals surface area contributed by atoms with Gasteiger partial charge in [-0.05, 0) is 87.5 Å². The summed E-state index contributed by atoms with van der Waals surface area (Å²) in [5.74, 6) is -0.920. The second-order valence-corrected chi connectivity index (χ2v) is 14.1. The van der Waals surface area contributed by atoms with Gasteiger partial charge >= 0.3 is 18.0 Å². The van der Waals surface area contributed by atoms with E-state index in [1.165, 1.54) is 17.4 Å². The standard InChI is InChI=1S/C35H53N3O6S/c1-24-15-13-16-32(39)43-29(19-25(2)14-11-10-12-17-38(8)9)22-31-37-30(23-45-31)26(3)20-28(21-33(40)42-27(4)18-24)36-34(41)44-35(5,6)7/h11,13-16,19,23,26-29H,10,12,17-18,20-22H2,1-9H3,(H,36,41)/b14-11+,16-13-,24-15+,25-19+/t26-,27-,28+,29+/m0/s1. The fourth-order valence-electron chi connectivity index (χ4n) is 4.83. The van der Waals surface area contributed by atoms with E-state index in [0.29, 0.717) is 19.3 Å². The zero-order valence-corrected chi connectivity index (χ0v) is 29.4. The highest BCUT2D eigenvalue weighted by Gasteiger charge is 2.26. The van der Waals surface area contributed by atoms with Crippen molar-refractivity contribution in [3.63, 3.8) is 0 Å². The smallest absolute Gasteiger partial charge is 0.407 e. The molecule has 1 aliphatic rings. The normalized spacial score (nSPS) is 24.9. The number of allylic oxidation sites excluding steroid dienone is 5. The van der Waals surface area contributed by atoms with E-state index in [4.69, 9.17) is 19.2 Å². The Bertz CT molecular complexity index is 1240. The van der Waals surface area contributed by atoms with Crippen LogP contribution in [0.2, 0.25) is 0 Å². The first kappa shape index (κ1) is 37.9. The molecule has 0 saturated heterocycles. The third-order valence-corrected chi connectivity index (χ3v) is 7.74. The number of carbonyl (C=O) groups is 3. The van der Waals surface area contributed by atoms with Gasteiger partial charge < -0.3 is 24.4 Å². The number of aromatic nitrogens is 1. The fourth-order valence-corrected chi connectivity index (χ4v) is 5.79. The SMILES string of the molecule is CC(/C=C/CCCN(C)C)=C\[C@@H]1Cc2nc(cs2)[C@@H](C)C[C@@H](NC(=O)OC(C)(C)C)CC(=O)O[C@@H](C)C/C(C)=C/C=C\C(=O)O1. The van der Waals surface area contributed by atoms with E-state index in [1.54, 1.807) is 26.8 Å². The Morgan fingerprint density at radius 3 is 2.60 bits per heavy atom. The number of hydrogen-bond donors (Lipinski definition) is 1. The third kappa shape index (κ3) is 16.6. The van der Waals surface area contributed by atoms with E-state index < -0.39 is 35.8 Å². The quantitative estimate of drug-likeness (QED) is 0.146. The van der Waals surface area contributed by atoms with Gasteiger partial charge in [-0.1, -0.05) is 42.4 Å². The number of rotatable bonds is 7. The predicted octanol–water partition coefficient (Wildman–Crippen LogP) is 7.06. The Labute approximate surface area is 273 Å². The molecule has 1 aromatic rings. The van der Waals surface area contributed by atoms with E-state index >= 15 is 0 Å². The molecule has 1 N–H and O–H groups in total. The Kier molecular flexibility index (Phi) is 15.7. The van der Waals surface area contributed by atoms with E-state index in [0.717, 1.165) is 41.2 Å². The molecule has 4 atom stereocenters. The monoisotopic (exact) mass is 643 g/mol. The lowest BCUT2D eigenvalue weighted by Gasteiger charge is -2.25. The third-order valence-electron chi connectivity index (χ3n) is 6.85. The second kappa shape index (κ2) is 18.7. The molecule has 9 nitrogen and oxygen atoms in total. The van der Waals surface area contributed by atoms with Crippen LogP contribution in [0.1, 0.15) is 97.2 Å². The molecule has 0 unspecified atom stereocenters. The van der Waals surface area contributed by atoms with Gasteiger partial charge in [-0.15, -0.1) is 11.3 Å². The lowest BCUT2D eigenvalue weighted by molar-refractivity contribution is -0.148. The first-order valence-corrected chi connectivity index (χ1v) is 16.6. The number of hydrogen-bond acceptors (Lipinski definition) is 9. The highest BCUT2D eigenvalue weighted by Crippen LogP contribution is 2.26. The predicted molar refractivity (Wildman–Crippen MR) is 180 cm³/mol. The van der Waals surface area contributed by atoms with Crippen LogP contribution >= 0.6 is 11.3 Å². The number of esters is 2. The van der Waals surface area contributed by atoms with Gasteiger partial charge in [-0.3, -0.25) is 4.79 Å². The van der Waals surface area contributed by atoms with Gasteiger partial charge in [0.25, 0.3) is 0 Å². The van der Waals surface area contributed by atoms with Crippen LogP contribution in [0.5, 0.6) is 0 Å². The minimum absolute atomic E-state index is 0.00469. The summed E-state index contributed by atoms with van der Waals surface area (Å²) in [7, 11) is 4.13. The van der Waals surface area contributed by atoms with Crippen molar-refractivity contribution in [1.82, 2.24) is 15.2 Å². The molecule has 0 radical (unpaired) electrons. The molecule has 0 fully saturated rings. The summed E-state index contributed by atoms with van der Waals surface area (Å²) >= 11 is 1.50. The molecule has 45 heavy (non-hydrogen) atoms. The summed E-state index contributed by atoms with van der Waals surface area (Å²) in [6.45, 7) is 14.2. The summed E-state index contributed by atoms with van der Waals surface area (Å²) in [5, 5.41) is 5.68. The Balaban J connectivity index is 2.33. The van der Waals surface area contributed by atoms with Gasteiger partial charge in [0.1, 0.15) is 17.8 Å². The molecule has 0 spiro atoms. The highest BCUT2D eigenvalue weighted by atomic mass is 32.1. The molecular weight excluding hydrogens is 590 g/mol. The van der Waals surface area contributed by atoms with Crippen LogP contribution in [0.4, 0.5) is 4.79 Å². The number of thiazole rings is 1. The van der Waals surface area contributed by atoms with E-state index in [1.807, 2.05) is 45.2 Å². The maximum absolute atomic E-state index is 12.9. The molecule has 1 aliphatic heterocycles. The van der Waals surface area contributed by atoms with Gasteiger partial charge in [0.05, 0.1) is 17.1 Å². The zero-order valence-electron chi connectivity index (χ0n) is 28.6. The first-order chi connectivity index (χ1) is 21.1. The van der Waals surface area contributed by atoms with Crippen molar-refractivity contribution in [3.8, 4) is 0 Å². The number of amides is 1. The van der Waals surface area contributed by atoms with Crippen molar-refractivity contribution in [3.05, 3.63) is 63.7 Å². The van der Waals surface area contributed by atoms with Gasteiger partial charge in [0.2, 0.25) is 0 Å². The number of nitrogens with one attached hydrogen (secondary N) is 1. The molecular formula is C35H53N3O6S. The van der Waals surface area contributed by atoms with Gasteiger partial charge in [0.15, 0.2) is 0 Å². The molecule has 1 aromatic heterocycles. The summed E-state index contributed by atoms with van der Waals surface area (Å²) in [6.07, 6.45) is 13.0. The van der Waals surface area contributed by atoms with Crippen molar-refractivity contribution in [2.75, 3.05) is 20.6 Å². The molecule has 0 saturated carbocycles. The van der Waals surface area contributed by atoms with Crippen LogP contribution in [0.15, 0.2) is 53.0 Å². The Morgan fingerprint density at radius 1 is 1.18 bits per heavy atom. The minimum Gasteiger partial charge on any atom is -0.462 e. The summed E-state index contributed by atoms with van der Waals surface area (Å²) in [5.41, 5.74) is 2.12. The van der Waals surface area contributed by atoms with Crippen LogP contribution in [0, 0.1) is 0 Å². The van der Waals surface area contributed by atoms with Crippen LogP contribution in [0.25, 0.3) is 0 Å². The molecule has 250 valence electrons. The number of unbranched alkanes of at least 4 members (excludes halogenated alkanes) is 1. The van der Waals surface area contributed by atoms with Crippen molar-refractivity contribution < 1.29 is 28.6 Å². The average Bonchev–Trinajstić information content (AvgIpc) is 3.34. The number of carbonyl (C=O) groups excluding carboxylic acids is 3. The lowest BCUT2D eigenvalue weighted by atomic mass is 9.97. The van der Waals surface area contributed by atoms with E-state index in [9.17, 15) is 14.4 Å². The molecule has 0 aromatic carbocycles. The zero-order chi connectivity index (χ0) is 33.6. The van der Waals surface area contributed by atoms with Crippen LogP contribution < -0.4 is 5.32 Å². The Morgan fingerprint density at radius 2 is 1.91 bits per heavy atom. The second-order valence-electron chi connectivity index (χ2n) is 13.2. The van der Waals surface area contributed by atoms with Crippen molar-refractivity contribution in [2.45, 2.75) is 117 Å². The molecule has 2 bridgehead atoms. The number of ether oxygens (including phenoxy) is 3. The topological polar surface area (TPSA) is 107 Å². The van der Waals surface area contributed by atoms with Crippen LogP contribution in [-0.2, 0) is 30.2 Å². The van der Waals surface area contributed by atoms with Crippen LogP contribution in [-0.4, -0.2) is 72.4 Å². The maximum atomic E-state index is 12.9. The average molecular weight is 644 g/mol. The van der Waals surface area contributed by atoms with Crippen molar-refractivity contribution >= 4 is 29.4 Å². The largest absolute Gasteiger partial charge is 0.462 e. The number of cyclic esters (lactones) is 2. The van der Waals surface area contributed by atoms with Gasteiger partial charge in [-0.25, -0.2) is 14.6 Å². The first-order valence-electron chi connectivity index (χ1n) is 15.8. The molecule has 1 amide bonds. The van der Waals surface area contributed by atoms with Crippen molar-refractivity contribution in [2.24, 2.45) is 0 Å². The Hall–Kier alpha value is -3.24. The number of alkyl carbamates (subject to hydrolysis) is 1. The van der Waals surface area contributed by atoms with Crippen LogP contribution in [0.3, 0.4) is 0 Å².